The first-order valence-corrected chi connectivity index (χ1v) is 11.5. The number of aromatic hydroxyl groups is 1. The van der Waals surface area contributed by atoms with E-state index in [4.69, 9.17) is 0 Å². The molecule has 2 aromatic rings. The Morgan fingerprint density at radius 3 is 2.17 bits per heavy atom. The van der Waals surface area contributed by atoms with Crippen molar-refractivity contribution in [3.05, 3.63) is 59.8 Å². The van der Waals surface area contributed by atoms with Crippen molar-refractivity contribution >= 4 is 23.5 Å². The second-order valence-electron chi connectivity index (χ2n) is 9.85. The van der Waals surface area contributed by atoms with Gasteiger partial charge >= 0.3 is 0 Å². The molecule has 0 aliphatic rings. The van der Waals surface area contributed by atoms with E-state index >= 15 is 0 Å². The van der Waals surface area contributed by atoms with Gasteiger partial charge in [0.1, 0.15) is 17.6 Å². The standard InChI is InChI=1S/C26H34N4O5/c1-16(2)14-20(29-23(33)18-12-9-13-27-22(18)32)24(34)28-19(15-17-10-7-6-8-11-17)21(31)25(35)30-26(3,4)5/h6-13,16,19-20H,14-15H2,1-5H3,(H,27,32)(H,28,34)(H,29,33)(H,30,35)/t19?,20-/m0/s1. The molecule has 1 aromatic carbocycles. The smallest absolute Gasteiger partial charge is 0.290 e. The number of amides is 3. The molecule has 0 saturated heterocycles. The topological polar surface area (TPSA) is 137 Å². The molecule has 2 rings (SSSR count). The Morgan fingerprint density at radius 2 is 1.60 bits per heavy atom. The third-order valence-electron chi connectivity index (χ3n) is 4.99. The van der Waals surface area contributed by atoms with Crippen LogP contribution in [0.5, 0.6) is 5.88 Å². The summed E-state index contributed by atoms with van der Waals surface area (Å²) >= 11 is 0. The number of hydrogen-bond acceptors (Lipinski definition) is 6. The Labute approximate surface area is 205 Å². The second-order valence-corrected chi connectivity index (χ2v) is 9.85. The molecule has 0 aliphatic heterocycles. The van der Waals surface area contributed by atoms with Crippen molar-refractivity contribution < 1.29 is 24.3 Å². The minimum Gasteiger partial charge on any atom is -0.493 e. The molecule has 0 saturated carbocycles. The summed E-state index contributed by atoms with van der Waals surface area (Å²) in [5, 5.41) is 17.8. The summed E-state index contributed by atoms with van der Waals surface area (Å²) in [5.74, 6) is -3.29. The maximum atomic E-state index is 13.3. The van der Waals surface area contributed by atoms with E-state index in [-0.39, 0.29) is 24.3 Å². The predicted octanol–water partition coefficient (Wildman–Crippen LogP) is 2.14. The van der Waals surface area contributed by atoms with Gasteiger partial charge < -0.3 is 21.1 Å². The van der Waals surface area contributed by atoms with Crippen molar-refractivity contribution in [1.29, 1.82) is 0 Å². The molecular weight excluding hydrogens is 448 g/mol. The van der Waals surface area contributed by atoms with E-state index in [2.05, 4.69) is 20.9 Å². The number of nitrogens with zero attached hydrogens (tertiary/aromatic N) is 1. The number of carbonyl (C=O) groups excluding carboxylic acids is 4. The van der Waals surface area contributed by atoms with Crippen LogP contribution >= 0.6 is 0 Å². The largest absolute Gasteiger partial charge is 0.493 e. The summed E-state index contributed by atoms with van der Waals surface area (Å²) < 4.78 is 0. The number of nitrogens with one attached hydrogen (secondary N) is 3. The Bertz CT molecular complexity index is 1050. The van der Waals surface area contributed by atoms with Crippen LogP contribution in [-0.2, 0) is 20.8 Å². The maximum absolute atomic E-state index is 13.3. The van der Waals surface area contributed by atoms with Crippen molar-refractivity contribution in [3.63, 3.8) is 0 Å². The fraction of sp³-hybridized carbons (Fsp3) is 0.423. The van der Waals surface area contributed by atoms with Crippen molar-refractivity contribution in [3.8, 4) is 5.88 Å². The van der Waals surface area contributed by atoms with Crippen LogP contribution in [0.25, 0.3) is 0 Å². The lowest BCUT2D eigenvalue weighted by Gasteiger charge is -2.25. The molecule has 9 heteroatoms. The zero-order chi connectivity index (χ0) is 26.2. The minimum absolute atomic E-state index is 0.0287. The fourth-order valence-electron chi connectivity index (χ4n) is 3.40. The lowest BCUT2D eigenvalue weighted by Crippen LogP contribution is -2.56. The number of rotatable bonds is 10. The second kappa shape index (κ2) is 12.1. The molecule has 9 nitrogen and oxygen atoms in total. The van der Waals surface area contributed by atoms with E-state index < -0.39 is 47.0 Å². The molecule has 1 unspecified atom stereocenters. The summed E-state index contributed by atoms with van der Waals surface area (Å²) in [5.41, 5.74) is 0.0587. The van der Waals surface area contributed by atoms with Crippen LogP contribution in [0.4, 0.5) is 0 Å². The highest BCUT2D eigenvalue weighted by atomic mass is 16.3. The van der Waals surface area contributed by atoms with Crippen LogP contribution in [0.3, 0.4) is 0 Å². The molecule has 0 spiro atoms. The summed E-state index contributed by atoms with van der Waals surface area (Å²) in [6.07, 6.45) is 1.72. The summed E-state index contributed by atoms with van der Waals surface area (Å²) in [7, 11) is 0. The number of ketones is 1. The van der Waals surface area contributed by atoms with Crippen LogP contribution in [0.15, 0.2) is 48.7 Å². The van der Waals surface area contributed by atoms with Gasteiger partial charge in [0.2, 0.25) is 17.6 Å². The molecule has 4 N–H and O–H groups in total. The van der Waals surface area contributed by atoms with Crippen LogP contribution in [0.1, 0.15) is 57.0 Å². The lowest BCUT2D eigenvalue weighted by atomic mass is 9.98. The molecule has 1 aromatic heterocycles. The van der Waals surface area contributed by atoms with Gasteiger partial charge in [-0.05, 0) is 50.8 Å². The normalized spacial score (nSPS) is 13.0. The van der Waals surface area contributed by atoms with E-state index in [1.54, 1.807) is 45.0 Å². The Hall–Kier alpha value is -3.75. The first-order valence-electron chi connectivity index (χ1n) is 11.5. The zero-order valence-electron chi connectivity index (χ0n) is 20.8. The molecule has 0 fully saturated rings. The monoisotopic (exact) mass is 482 g/mol. The lowest BCUT2D eigenvalue weighted by molar-refractivity contribution is -0.141. The maximum Gasteiger partial charge on any atom is 0.290 e. The molecule has 0 aliphatic carbocycles. The van der Waals surface area contributed by atoms with Gasteiger partial charge in [-0.2, -0.15) is 0 Å². The number of Topliss-reactive ketones (excluding diaryl/α,β-unsaturated/α-hetero) is 1. The van der Waals surface area contributed by atoms with E-state index in [0.29, 0.717) is 0 Å². The number of pyridine rings is 1. The zero-order valence-corrected chi connectivity index (χ0v) is 20.8. The van der Waals surface area contributed by atoms with Gasteiger partial charge in [0.25, 0.3) is 11.8 Å². The summed E-state index contributed by atoms with van der Waals surface area (Å²) in [6, 6.07) is 9.78. The molecule has 0 radical (unpaired) electrons. The summed E-state index contributed by atoms with van der Waals surface area (Å²) in [6.45, 7) is 9.04. The average Bonchev–Trinajstić information content (AvgIpc) is 2.77. The number of carbonyl (C=O) groups is 4. The van der Waals surface area contributed by atoms with Crippen molar-refractivity contribution in [2.24, 2.45) is 5.92 Å². The number of benzene rings is 1. The van der Waals surface area contributed by atoms with E-state index in [1.807, 2.05) is 19.9 Å². The third kappa shape index (κ3) is 8.84. The van der Waals surface area contributed by atoms with E-state index in [1.165, 1.54) is 18.3 Å². The third-order valence-corrected chi connectivity index (χ3v) is 4.99. The van der Waals surface area contributed by atoms with Gasteiger partial charge in [-0.3, -0.25) is 19.2 Å². The van der Waals surface area contributed by atoms with Gasteiger partial charge in [0, 0.05) is 18.2 Å². The van der Waals surface area contributed by atoms with Crippen molar-refractivity contribution in [2.75, 3.05) is 0 Å². The Morgan fingerprint density at radius 1 is 0.943 bits per heavy atom. The average molecular weight is 483 g/mol. The van der Waals surface area contributed by atoms with Crippen LogP contribution < -0.4 is 16.0 Å². The van der Waals surface area contributed by atoms with Crippen molar-refractivity contribution in [2.45, 2.75) is 65.1 Å². The fourth-order valence-corrected chi connectivity index (χ4v) is 3.40. The number of hydrogen-bond donors (Lipinski definition) is 4. The predicted molar refractivity (Wildman–Crippen MR) is 132 cm³/mol. The van der Waals surface area contributed by atoms with Gasteiger partial charge in [-0.15, -0.1) is 0 Å². The molecule has 2 atom stereocenters. The highest BCUT2D eigenvalue weighted by Gasteiger charge is 2.32. The first kappa shape index (κ1) is 27.5. The number of aromatic nitrogens is 1. The van der Waals surface area contributed by atoms with Crippen LogP contribution in [0.2, 0.25) is 0 Å². The Kier molecular flexibility index (Phi) is 9.50. The molecule has 35 heavy (non-hydrogen) atoms. The van der Waals surface area contributed by atoms with E-state index in [0.717, 1.165) is 5.56 Å². The van der Waals surface area contributed by atoms with Gasteiger partial charge in [-0.1, -0.05) is 44.2 Å². The SMILES string of the molecule is CC(C)C[C@H](NC(=O)c1cccnc1O)C(=O)NC(Cc1ccccc1)C(=O)C(=O)NC(C)(C)C. The van der Waals surface area contributed by atoms with Gasteiger partial charge in [0.05, 0.1) is 0 Å². The van der Waals surface area contributed by atoms with Gasteiger partial charge in [-0.25, -0.2) is 4.98 Å². The highest BCUT2D eigenvalue weighted by molar-refractivity contribution is 6.38. The van der Waals surface area contributed by atoms with Gasteiger partial charge in [0.15, 0.2) is 0 Å². The molecule has 188 valence electrons. The molecule has 0 bridgehead atoms. The van der Waals surface area contributed by atoms with Crippen molar-refractivity contribution in [1.82, 2.24) is 20.9 Å². The Balaban J connectivity index is 2.26. The summed E-state index contributed by atoms with van der Waals surface area (Å²) in [4.78, 5) is 55.3. The van der Waals surface area contributed by atoms with E-state index in [9.17, 15) is 24.3 Å². The molecular formula is C26H34N4O5. The first-order chi connectivity index (χ1) is 16.4. The van der Waals surface area contributed by atoms with Crippen LogP contribution in [-0.4, -0.2) is 51.2 Å². The molecule has 1 heterocycles. The minimum atomic E-state index is -1.13. The highest BCUT2D eigenvalue weighted by Crippen LogP contribution is 2.14. The molecule has 3 amide bonds. The van der Waals surface area contributed by atoms with Crippen LogP contribution in [0, 0.1) is 5.92 Å². The quantitative estimate of drug-likeness (QED) is 0.383.